The molecule has 0 spiro atoms. The fourth-order valence-electron chi connectivity index (χ4n) is 1.39. The van der Waals surface area contributed by atoms with E-state index in [0.717, 1.165) is 9.26 Å². The molecule has 4 heteroatoms. The maximum absolute atomic E-state index is 11.9. The predicted molar refractivity (Wildman–Crippen MR) is 78.6 cm³/mol. The third kappa shape index (κ3) is 3.20. The van der Waals surface area contributed by atoms with E-state index in [2.05, 4.69) is 27.9 Å². The molecule has 0 unspecified atom stereocenters. The van der Waals surface area contributed by atoms with Gasteiger partial charge < -0.3 is 5.32 Å². The topological polar surface area (TPSA) is 29.1 Å². The van der Waals surface area contributed by atoms with Crippen LogP contribution in [0.15, 0.2) is 48.5 Å². The fourth-order valence-corrected chi connectivity index (χ4v) is 2.10. The van der Waals surface area contributed by atoms with Gasteiger partial charge in [0.1, 0.15) is 0 Å². The van der Waals surface area contributed by atoms with E-state index in [9.17, 15) is 4.79 Å². The quantitative estimate of drug-likeness (QED) is 0.802. The monoisotopic (exact) mass is 357 g/mol. The lowest BCUT2D eigenvalue weighted by Crippen LogP contribution is -2.12. The Bertz CT molecular complexity index is 557. The molecular formula is C13H9ClINO. The minimum absolute atomic E-state index is 0.156. The van der Waals surface area contributed by atoms with Gasteiger partial charge in [-0.1, -0.05) is 29.8 Å². The fraction of sp³-hybridized carbons (Fsp3) is 0. The number of para-hydroxylation sites is 1. The Morgan fingerprint density at radius 3 is 2.59 bits per heavy atom. The van der Waals surface area contributed by atoms with Gasteiger partial charge in [-0.3, -0.25) is 4.79 Å². The highest BCUT2D eigenvalue weighted by atomic mass is 127. The van der Waals surface area contributed by atoms with Gasteiger partial charge in [0, 0.05) is 14.2 Å². The molecule has 17 heavy (non-hydrogen) atoms. The summed E-state index contributed by atoms with van der Waals surface area (Å²) in [4.78, 5) is 11.9. The third-order valence-electron chi connectivity index (χ3n) is 2.21. The van der Waals surface area contributed by atoms with Gasteiger partial charge in [-0.2, -0.15) is 0 Å². The molecule has 0 radical (unpaired) electrons. The van der Waals surface area contributed by atoms with E-state index in [1.54, 1.807) is 24.3 Å². The number of hydrogen-bond donors (Lipinski definition) is 1. The Morgan fingerprint density at radius 1 is 1.12 bits per heavy atom. The second kappa shape index (κ2) is 5.51. The highest BCUT2D eigenvalue weighted by Crippen LogP contribution is 2.18. The molecule has 0 saturated heterocycles. The van der Waals surface area contributed by atoms with E-state index in [1.807, 2.05) is 24.3 Å². The lowest BCUT2D eigenvalue weighted by Gasteiger charge is -2.07. The van der Waals surface area contributed by atoms with Gasteiger partial charge in [0.25, 0.3) is 5.91 Å². The highest BCUT2D eigenvalue weighted by Gasteiger charge is 2.07. The molecule has 0 aromatic heterocycles. The zero-order valence-electron chi connectivity index (χ0n) is 8.78. The van der Waals surface area contributed by atoms with Crippen molar-refractivity contribution in [3.8, 4) is 0 Å². The average Bonchev–Trinajstić information content (AvgIpc) is 2.32. The maximum atomic E-state index is 11.9. The number of carbonyl (C=O) groups excluding carboxylic acids is 1. The highest BCUT2D eigenvalue weighted by molar-refractivity contribution is 14.1. The zero-order chi connectivity index (χ0) is 12.3. The van der Waals surface area contributed by atoms with Crippen molar-refractivity contribution in [3.63, 3.8) is 0 Å². The van der Waals surface area contributed by atoms with E-state index in [0.29, 0.717) is 10.6 Å². The molecule has 1 N–H and O–H groups in total. The van der Waals surface area contributed by atoms with Crippen LogP contribution in [0, 0.1) is 3.57 Å². The van der Waals surface area contributed by atoms with Crippen molar-refractivity contribution in [2.75, 3.05) is 5.32 Å². The van der Waals surface area contributed by atoms with Crippen molar-refractivity contribution >= 4 is 45.8 Å². The number of anilines is 1. The molecule has 86 valence electrons. The SMILES string of the molecule is O=C(Nc1ccccc1I)c1cccc(Cl)c1. The van der Waals surface area contributed by atoms with Crippen LogP contribution in [-0.2, 0) is 0 Å². The Balaban J connectivity index is 2.20. The standard InChI is InChI=1S/C13H9ClINO/c14-10-5-3-4-9(8-10)13(17)16-12-7-2-1-6-11(12)15/h1-8H,(H,16,17). The number of carbonyl (C=O) groups is 1. The van der Waals surface area contributed by atoms with Crippen LogP contribution in [0.5, 0.6) is 0 Å². The summed E-state index contributed by atoms with van der Waals surface area (Å²) in [5.41, 5.74) is 1.36. The van der Waals surface area contributed by atoms with Gasteiger partial charge in [0.2, 0.25) is 0 Å². The van der Waals surface area contributed by atoms with E-state index in [-0.39, 0.29) is 5.91 Å². The van der Waals surface area contributed by atoms with Gasteiger partial charge in [0.05, 0.1) is 5.69 Å². The first kappa shape index (κ1) is 12.4. The molecule has 0 atom stereocenters. The lowest BCUT2D eigenvalue weighted by atomic mass is 10.2. The van der Waals surface area contributed by atoms with E-state index in [4.69, 9.17) is 11.6 Å². The van der Waals surface area contributed by atoms with Crippen molar-refractivity contribution in [1.82, 2.24) is 0 Å². The van der Waals surface area contributed by atoms with Crippen LogP contribution in [0.25, 0.3) is 0 Å². The van der Waals surface area contributed by atoms with Crippen LogP contribution in [0.1, 0.15) is 10.4 Å². The molecule has 1 amide bonds. The molecule has 2 nitrogen and oxygen atoms in total. The third-order valence-corrected chi connectivity index (χ3v) is 3.38. The van der Waals surface area contributed by atoms with Crippen molar-refractivity contribution in [2.45, 2.75) is 0 Å². The normalized spacial score (nSPS) is 10.0. The first-order chi connectivity index (χ1) is 8.16. The Hall–Kier alpha value is -1.07. The molecule has 0 saturated carbocycles. The van der Waals surface area contributed by atoms with Crippen LogP contribution in [0.4, 0.5) is 5.69 Å². The number of halogens is 2. The number of rotatable bonds is 2. The summed E-state index contributed by atoms with van der Waals surface area (Å²) >= 11 is 8.02. The number of hydrogen-bond acceptors (Lipinski definition) is 1. The van der Waals surface area contributed by atoms with Crippen LogP contribution >= 0.6 is 34.2 Å². The second-order valence-corrected chi connectivity index (χ2v) is 5.04. The number of amides is 1. The minimum Gasteiger partial charge on any atom is -0.321 e. The Morgan fingerprint density at radius 2 is 1.88 bits per heavy atom. The van der Waals surface area contributed by atoms with Crippen LogP contribution in [0.3, 0.4) is 0 Å². The van der Waals surface area contributed by atoms with E-state index in [1.165, 1.54) is 0 Å². The zero-order valence-corrected chi connectivity index (χ0v) is 11.7. The molecule has 2 aromatic rings. The number of nitrogens with one attached hydrogen (secondary N) is 1. The summed E-state index contributed by atoms with van der Waals surface area (Å²) in [5.74, 6) is -0.156. The largest absolute Gasteiger partial charge is 0.321 e. The van der Waals surface area contributed by atoms with Crippen LogP contribution in [-0.4, -0.2) is 5.91 Å². The van der Waals surface area contributed by atoms with E-state index >= 15 is 0 Å². The predicted octanol–water partition coefficient (Wildman–Crippen LogP) is 4.20. The van der Waals surface area contributed by atoms with Crippen LogP contribution < -0.4 is 5.32 Å². The van der Waals surface area contributed by atoms with Crippen molar-refractivity contribution in [2.24, 2.45) is 0 Å². The van der Waals surface area contributed by atoms with E-state index < -0.39 is 0 Å². The molecule has 0 bridgehead atoms. The van der Waals surface area contributed by atoms with Gasteiger partial charge in [-0.15, -0.1) is 0 Å². The minimum atomic E-state index is -0.156. The molecule has 2 aromatic carbocycles. The summed E-state index contributed by atoms with van der Waals surface area (Å²) in [5, 5.41) is 3.40. The summed E-state index contributed by atoms with van der Waals surface area (Å²) in [6.45, 7) is 0. The molecule has 0 aliphatic carbocycles. The first-order valence-corrected chi connectivity index (χ1v) is 6.44. The molecular weight excluding hydrogens is 349 g/mol. The smallest absolute Gasteiger partial charge is 0.255 e. The maximum Gasteiger partial charge on any atom is 0.255 e. The number of benzene rings is 2. The van der Waals surface area contributed by atoms with Gasteiger partial charge in [0.15, 0.2) is 0 Å². The lowest BCUT2D eigenvalue weighted by molar-refractivity contribution is 0.102. The molecule has 2 rings (SSSR count). The van der Waals surface area contributed by atoms with Crippen molar-refractivity contribution < 1.29 is 4.79 Å². The summed E-state index contributed by atoms with van der Waals surface area (Å²) in [7, 11) is 0. The Kier molecular flexibility index (Phi) is 4.02. The average molecular weight is 358 g/mol. The van der Waals surface area contributed by atoms with Gasteiger partial charge >= 0.3 is 0 Å². The molecule has 0 aliphatic heterocycles. The summed E-state index contributed by atoms with van der Waals surface area (Å²) < 4.78 is 1.00. The summed E-state index contributed by atoms with van der Waals surface area (Å²) in [6.07, 6.45) is 0. The van der Waals surface area contributed by atoms with Crippen molar-refractivity contribution in [3.05, 3.63) is 62.7 Å². The van der Waals surface area contributed by atoms with Crippen LogP contribution in [0.2, 0.25) is 5.02 Å². The second-order valence-electron chi connectivity index (χ2n) is 3.44. The van der Waals surface area contributed by atoms with Gasteiger partial charge in [-0.25, -0.2) is 0 Å². The van der Waals surface area contributed by atoms with Gasteiger partial charge in [-0.05, 0) is 52.9 Å². The first-order valence-electron chi connectivity index (χ1n) is 4.98. The Labute approximate surface area is 118 Å². The summed E-state index contributed by atoms with van der Waals surface area (Å²) in [6, 6.07) is 14.5. The molecule has 0 aliphatic rings. The van der Waals surface area contributed by atoms with Crippen molar-refractivity contribution in [1.29, 1.82) is 0 Å². The molecule has 0 fully saturated rings. The molecule has 0 heterocycles.